The molecule has 0 aliphatic rings. The number of benzene rings is 1. The van der Waals surface area contributed by atoms with E-state index in [9.17, 15) is 30.0 Å². The number of nitriles is 1. The quantitative estimate of drug-likeness (QED) is 0.487. The molecule has 0 bridgehead atoms. The van der Waals surface area contributed by atoms with E-state index in [4.69, 9.17) is 5.26 Å². The second kappa shape index (κ2) is 9.47. The summed E-state index contributed by atoms with van der Waals surface area (Å²) in [5, 5.41) is 8.90. The smallest absolute Gasteiger partial charge is 0.256 e. The van der Waals surface area contributed by atoms with E-state index >= 15 is 0 Å². The minimum Gasteiger partial charge on any atom is -0.256 e. The number of sulfone groups is 2. The number of hydrogen-bond donors (Lipinski definition) is 0. The van der Waals surface area contributed by atoms with Crippen LogP contribution in [0, 0.1) is 21.8 Å². The molecule has 0 aromatic heterocycles. The molecular formula is C16H19F3LiNO4S2. The summed E-state index contributed by atoms with van der Waals surface area (Å²) in [5.74, 6) is -0.235. The van der Waals surface area contributed by atoms with Crippen LogP contribution < -0.4 is 18.9 Å². The molecule has 0 amide bonds. The zero-order valence-corrected chi connectivity index (χ0v) is 17.0. The van der Waals surface area contributed by atoms with Crippen molar-refractivity contribution in [1.29, 1.82) is 5.26 Å². The summed E-state index contributed by atoms with van der Waals surface area (Å²) < 4.78 is 83.4. The van der Waals surface area contributed by atoms with Crippen molar-refractivity contribution in [3.05, 3.63) is 34.4 Å². The number of halogens is 3. The molecule has 0 aliphatic carbocycles. The molecule has 0 fully saturated rings. The third-order valence-electron chi connectivity index (χ3n) is 4.07. The summed E-state index contributed by atoms with van der Waals surface area (Å²) in [6.45, 7) is 4.07. The molecule has 1 rings (SSSR count). The van der Waals surface area contributed by atoms with E-state index < -0.39 is 34.7 Å². The fraction of sp³-hybridized carbons (Fsp3) is 0.500. The minimum atomic E-state index is -5.94. The van der Waals surface area contributed by atoms with Crippen LogP contribution in [0.4, 0.5) is 13.2 Å². The van der Waals surface area contributed by atoms with Gasteiger partial charge in [0.2, 0.25) is 0 Å². The fourth-order valence-corrected chi connectivity index (χ4v) is 5.29. The Morgan fingerprint density at radius 3 is 2.00 bits per heavy atom. The maximum Gasteiger partial charge on any atom is 1.00 e. The zero-order chi connectivity index (χ0) is 20.3. The first-order valence-corrected chi connectivity index (χ1v) is 10.6. The van der Waals surface area contributed by atoms with Gasteiger partial charge < -0.3 is 0 Å². The number of hydrogen-bond acceptors (Lipinski definition) is 5. The Kier molecular flexibility index (Phi) is 9.11. The maximum absolute atomic E-state index is 12.6. The Balaban J connectivity index is 0.00000676. The monoisotopic (exact) mass is 417 g/mol. The third kappa shape index (κ3) is 5.74. The van der Waals surface area contributed by atoms with Crippen molar-refractivity contribution < 1.29 is 48.9 Å². The van der Waals surface area contributed by atoms with Gasteiger partial charge in [0.1, 0.15) is 9.84 Å². The molecule has 1 aromatic carbocycles. The van der Waals surface area contributed by atoms with Gasteiger partial charge in [-0.3, -0.25) is 16.8 Å². The summed E-state index contributed by atoms with van der Waals surface area (Å²) in [5.41, 5.74) is -4.96. The van der Waals surface area contributed by atoms with Crippen molar-refractivity contribution in [1.82, 2.24) is 0 Å². The Bertz CT molecular complexity index is 876. The molecule has 0 aliphatic heterocycles. The van der Waals surface area contributed by atoms with E-state index in [0.29, 0.717) is 19.8 Å². The van der Waals surface area contributed by atoms with Gasteiger partial charge in [-0.25, -0.2) is 0 Å². The Morgan fingerprint density at radius 2 is 1.63 bits per heavy atom. The Morgan fingerprint density at radius 1 is 1.15 bits per heavy atom. The molecule has 0 N–H and O–H groups in total. The molecule has 27 heavy (non-hydrogen) atoms. The molecule has 0 saturated heterocycles. The van der Waals surface area contributed by atoms with Crippen LogP contribution in [-0.2, 0) is 19.7 Å². The topological polar surface area (TPSA) is 92.1 Å². The molecule has 0 radical (unpaired) electrons. The summed E-state index contributed by atoms with van der Waals surface area (Å²) in [4.78, 5) is -0.533. The maximum atomic E-state index is 12.6. The van der Waals surface area contributed by atoms with Gasteiger partial charge in [0.25, 0.3) is 0 Å². The average Bonchev–Trinajstić information content (AvgIpc) is 2.57. The van der Waals surface area contributed by atoms with E-state index in [1.54, 1.807) is 6.92 Å². The minimum absolute atomic E-state index is 0. The standard InChI is InChI=1S/C16H19F3NO4S2.Li/c1-4-13(9-11(2)10-20)14-5-7-15(8-6-14)25(21,22)12(3)26(23,24)16(17,18)19;/h5-8,11,13H,4,9H2,1-3H3;/q-1;+1. The molecule has 2 atom stereocenters. The second-order valence-corrected chi connectivity index (χ2v) is 10.3. The largest absolute Gasteiger partial charge is 1.00 e. The van der Waals surface area contributed by atoms with Gasteiger partial charge in [-0.05, 0) is 43.4 Å². The van der Waals surface area contributed by atoms with Gasteiger partial charge in [-0.1, -0.05) is 23.6 Å². The van der Waals surface area contributed by atoms with Crippen LogP contribution in [0.15, 0.2) is 29.2 Å². The van der Waals surface area contributed by atoms with Crippen molar-refractivity contribution in [3.8, 4) is 6.07 Å². The molecule has 146 valence electrons. The second-order valence-electron chi connectivity index (χ2n) is 5.88. The molecule has 1 aromatic rings. The predicted molar refractivity (Wildman–Crippen MR) is 89.9 cm³/mol. The summed E-state index contributed by atoms with van der Waals surface area (Å²) >= 11 is 0. The van der Waals surface area contributed by atoms with Gasteiger partial charge in [0.15, 0.2) is 0 Å². The van der Waals surface area contributed by atoms with Crippen molar-refractivity contribution in [2.75, 3.05) is 0 Å². The van der Waals surface area contributed by atoms with Crippen molar-refractivity contribution in [3.63, 3.8) is 0 Å². The predicted octanol–water partition coefficient (Wildman–Crippen LogP) is 0.952. The van der Waals surface area contributed by atoms with Gasteiger partial charge in [-0.15, -0.1) is 0 Å². The molecule has 0 saturated carbocycles. The molecule has 0 heterocycles. The summed E-state index contributed by atoms with van der Waals surface area (Å²) in [6.07, 6.45) is 1.23. The third-order valence-corrected chi connectivity index (χ3v) is 8.41. The number of nitrogens with zero attached hydrogens (tertiary/aromatic N) is 1. The first-order chi connectivity index (χ1) is 11.8. The molecule has 11 heteroatoms. The van der Waals surface area contributed by atoms with Gasteiger partial charge in [-0.2, -0.15) is 25.4 Å². The molecule has 0 spiro atoms. The zero-order valence-electron chi connectivity index (χ0n) is 15.4. The van der Waals surface area contributed by atoms with Crippen LogP contribution >= 0.6 is 0 Å². The molecule has 2 unspecified atom stereocenters. The SMILES string of the molecule is CCC(CC(C)C#N)c1ccc(S(=O)(=O)[C-](C)S(=O)(=O)C(F)(F)F)cc1.[Li+]. The van der Waals surface area contributed by atoms with Crippen LogP contribution in [0.5, 0.6) is 0 Å². The van der Waals surface area contributed by atoms with E-state index in [1.165, 1.54) is 12.1 Å². The first-order valence-electron chi connectivity index (χ1n) is 7.68. The van der Waals surface area contributed by atoms with E-state index in [0.717, 1.165) is 17.7 Å². The number of rotatable bonds is 7. The van der Waals surface area contributed by atoms with Gasteiger partial charge in [0, 0.05) is 10.8 Å². The van der Waals surface area contributed by atoms with E-state index in [1.807, 2.05) is 6.92 Å². The molecular weight excluding hydrogens is 398 g/mol. The Hall–Kier alpha value is -1.00. The van der Waals surface area contributed by atoms with Gasteiger partial charge >= 0.3 is 24.4 Å². The summed E-state index contributed by atoms with van der Waals surface area (Å²) in [6, 6.07) is 7.13. The van der Waals surface area contributed by atoms with Gasteiger partial charge in [0.05, 0.1) is 15.9 Å². The van der Waals surface area contributed by atoms with E-state index in [2.05, 4.69) is 6.07 Å². The number of alkyl halides is 3. The summed E-state index contributed by atoms with van der Waals surface area (Å²) in [7, 11) is -10.7. The van der Waals surface area contributed by atoms with Crippen molar-refractivity contribution in [2.24, 2.45) is 5.92 Å². The first kappa shape index (κ1) is 26.0. The van der Waals surface area contributed by atoms with Crippen LogP contribution in [0.25, 0.3) is 0 Å². The van der Waals surface area contributed by atoms with Crippen LogP contribution in [-0.4, -0.2) is 22.3 Å². The van der Waals surface area contributed by atoms with Crippen LogP contribution in [0.1, 0.15) is 45.1 Å². The van der Waals surface area contributed by atoms with Crippen molar-refractivity contribution in [2.45, 2.75) is 49.9 Å². The average molecular weight is 417 g/mol. The van der Waals surface area contributed by atoms with E-state index in [-0.39, 0.29) is 30.7 Å². The van der Waals surface area contributed by atoms with Crippen LogP contribution in [0.3, 0.4) is 0 Å². The Labute approximate surface area is 170 Å². The fourth-order valence-electron chi connectivity index (χ4n) is 2.41. The normalized spacial score (nSPS) is 14.9. The van der Waals surface area contributed by atoms with Crippen molar-refractivity contribution >= 4 is 19.7 Å². The molecule has 5 nitrogen and oxygen atoms in total. The van der Waals surface area contributed by atoms with Crippen LogP contribution in [0.2, 0.25) is 0 Å².